The largest absolute Gasteiger partial charge is 0.326 e. The molecule has 1 fully saturated rings. The third kappa shape index (κ3) is 5.41. The fourth-order valence-electron chi connectivity index (χ4n) is 3.17. The highest BCUT2D eigenvalue weighted by molar-refractivity contribution is 7.88. The van der Waals surface area contributed by atoms with Crippen LogP contribution in [0.25, 0.3) is 0 Å². The molecular weight excluding hydrogens is 462 g/mol. The molecule has 156 valence electrons. The topological polar surface area (TPSA) is 66.5 Å². The first kappa shape index (κ1) is 22.3. The minimum atomic E-state index is -3.72. The summed E-state index contributed by atoms with van der Waals surface area (Å²) in [5.41, 5.74) is 0.688. The number of carbonyl (C=O) groups excluding carboxylic acids is 1. The maximum atomic E-state index is 13.3. The smallest absolute Gasteiger partial charge is 0.228 e. The van der Waals surface area contributed by atoms with Crippen LogP contribution in [0, 0.1) is 11.7 Å². The average Bonchev–Trinajstić information content (AvgIpc) is 2.68. The third-order valence-electron chi connectivity index (χ3n) is 4.72. The van der Waals surface area contributed by atoms with E-state index in [4.69, 9.17) is 34.8 Å². The van der Waals surface area contributed by atoms with Gasteiger partial charge in [-0.2, -0.15) is 0 Å². The Hall–Kier alpha value is -1.38. The highest BCUT2D eigenvalue weighted by atomic mass is 35.5. The fraction of sp³-hybridized carbons (Fsp3) is 0.316. The number of anilines is 1. The minimum Gasteiger partial charge on any atom is -0.326 e. The summed E-state index contributed by atoms with van der Waals surface area (Å²) < 4.78 is 40.3. The number of nitrogens with zero attached hydrogens (tertiary/aromatic N) is 1. The monoisotopic (exact) mass is 478 g/mol. The van der Waals surface area contributed by atoms with Gasteiger partial charge in [-0.15, -0.1) is 0 Å². The number of piperidine rings is 1. The second-order valence-corrected chi connectivity index (χ2v) is 9.96. The maximum absolute atomic E-state index is 13.3. The van der Waals surface area contributed by atoms with Gasteiger partial charge < -0.3 is 5.32 Å². The molecular formula is C19H18Cl3FN2O3S. The molecule has 5 nitrogen and oxygen atoms in total. The molecule has 10 heteroatoms. The molecule has 1 heterocycles. The number of nitrogens with one attached hydrogen (secondary N) is 1. The maximum Gasteiger partial charge on any atom is 0.228 e. The van der Waals surface area contributed by atoms with Crippen molar-refractivity contribution in [2.75, 3.05) is 18.4 Å². The van der Waals surface area contributed by atoms with E-state index in [9.17, 15) is 17.6 Å². The molecule has 0 aliphatic carbocycles. The van der Waals surface area contributed by atoms with Crippen LogP contribution >= 0.6 is 34.8 Å². The molecule has 1 amide bonds. The van der Waals surface area contributed by atoms with Gasteiger partial charge in [-0.3, -0.25) is 4.79 Å². The van der Waals surface area contributed by atoms with Crippen molar-refractivity contribution in [2.45, 2.75) is 18.6 Å². The van der Waals surface area contributed by atoms with Crippen molar-refractivity contribution in [1.82, 2.24) is 4.31 Å². The van der Waals surface area contributed by atoms with Crippen LogP contribution in [0.4, 0.5) is 10.1 Å². The van der Waals surface area contributed by atoms with Crippen molar-refractivity contribution < 1.29 is 17.6 Å². The number of sulfonamides is 1. The van der Waals surface area contributed by atoms with E-state index in [1.165, 1.54) is 16.4 Å². The molecule has 0 spiro atoms. The van der Waals surface area contributed by atoms with Gasteiger partial charge in [0.2, 0.25) is 15.9 Å². The highest BCUT2D eigenvalue weighted by Crippen LogP contribution is 2.29. The van der Waals surface area contributed by atoms with Crippen LogP contribution in [0.15, 0.2) is 36.4 Å². The predicted octanol–water partition coefficient (Wildman–Crippen LogP) is 4.97. The van der Waals surface area contributed by atoms with Crippen molar-refractivity contribution in [3.05, 3.63) is 62.8 Å². The van der Waals surface area contributed by atoms with E-state index in [-0.39, 0.29) is 33.3 Å². The summed E-state index contributed by atoms with van der Waals surface area (Å²) in [5, 5.41) is 3.12. The summed E-state index contributed by atoms with van der Waals surface area (Å²) in [5.74, 6) is -1.81. The van der Waals surface area contributed by atoms with Crippen LogP contribution in [-0.4, -0.2) is 31.7 Å². The van der Waals surface area contributed by atoms with Gasteiger partial charge in [0.1, 0.15) is 5.82 Å². The molecule has 2 aromatic carbocycles. The van der Waals surface area contributed by atoms with Gasteiger partial charge in [-0.25, -0.2) is 17.1 Å². The molecule has 0 radical (unpaired) electrons. The first-order valence-corrected chi connectivity index (χ1v) is 11.6. The Kier molecular flexibility index (Phi) is 7.06. The molecule has 1 saturated heterocycles. The Labute approximate surface area is 183 Å². The Morgan fingerprint density at radius 1 is 1.14 bits per heavy atom. The molecule has 1 N–H and O–H groups in total. The first-order valence-electron chi connectivity index (χ1n) is 8.84. The second kappa shape index (κ2) is 9.18. The molecule has 1 atom stereocenters. The zero-order valence-corrected chi connectivity index (χ0v) is 18.3. The summed E-state index contributed by atoms with van der Waals surface area (Å²) in [6.07, 6.45) is 1.08. The lowest BCUT2D eigenvalue weighted by Gasteiger charge is -2.31. The van der Waals surface area contributed by atoms with E-state index in [0.29, 0.717) is 30.6 Å². The Balaban J connectivity index is 1.70. The lowest BCUT2D eigenvalue weighted by Crippen LogP contribution is -2.44. The van der Waals surface area contributed by atoms with Crippen molar-refractivity contribution in [1.29, 1.82) is 0 Å². The predicted molar refractivity (Wildman–Crippen MR) is 113 cm³/mol. The summed E-state index contributed by atoms with van der Waals surface area (Å²) in [4.78, 5) is 12.6. The molecule has 0 bridgehead atoms. The number of hydrogen-bond donors (Lipinski definition) is 1. The van der Waals surface area contributed by atoms with Crippen LogP contribution in [0.5, 0.6) is 0 Å². The van der Waals surface area contributed by atoms with E-state index in [1.807, 2.05) is 0 Å². The summed E-state index contributed by atoms with van der Waals surface area (Å²) in [6.45, 7) is 0.363. The van der Waals surface area contributed by atoms with Crippen LogP contribution in [-0.2, 0) is 20.6 Å². The van der Waals surface area contributed by atoms with Gasteiger partial charge in [0, 0.05) is 34.4 Å². The lowest BCUT2D eigenvalue weighted by molar-refractivity contribution is -0.120. The number of amides is 1. The van der Waals surface area contributed by atoms with Crippen LogP contribution in [0.3, 0.4) is 0 Å². The minimum absolute atomic E-state index is 0.0468. The van der Waals surface area contributed by atoms with Crippen LogP contribution < -0.4 is 5.32 Å². The normalized spacial score (nSPS) is 17.9. The summed E-state index contributed by atoms with van der Waals surface area (Å²) >= 11 is 17.9. The molecule has 29 heavy (non-hydrogen) atoms. The summed E-state index contributed by atoms with van der Waals surface area (Å²) in [7, 11) is -3.72. The average molecular weight is 480 g/mol. The molecule has 2 aromatic rings. The van der Waals surface area contributed by atoms with E-state index in [1.54, 1.807) is 18.2 Å². The van der Waals surface area contributed by atoms with Gasteiger partial charge in [-0.1, -0.05) is 40.9 Å². The molecule has 1 aliphatic heterocycles. The van der Waals surface area contributed by atoms with Gasteiger partial charge >= 0.3 is 0 Å². The number of carbonyl (C=O) groups is 1. The molecule has 1 aliphatic rings. The van der Waals surface area contributed by atoms with Crippen LogP contribution in [0.1, 0.15) is 18.4 Å². The van der Waals surface area contributed by atoms with Gasteiger partial charge in [0.15, 0.2) is 0 Å². The molecule has 3 rings (SSSR count). The number of rotatable bonds is 5. The van der Waals surface area contributed by atoms with Crippen molar-refractivity contribution >= 4 is 56.4 Å². The Morgan fingerprint density at radius 2 is 1.83 bits per heavy atom. The van der Waals surface area contributed by atoms with Crippen molar-refractivity contribution in [3.63, 3.8) is 0 Å². The van der Waals surface area contributed by atoms with Crippen molar-refractivity contribution in [3.8, 4) is 0 Å². The Morgan fingerprint density at radius 3 is 2.48 bits per heavy atom. The standard InChI is InChI=1S/C19H18Cl3FN2O3S/c20-15-4-1-5-16(21)14(15)11-29(27,28)25-8-2-3-12(10-25)19(26)24-13-6-7-18(23)17(22)9-13/h1,4-7,9,12H,2-3,8,10-11H2,(H,24,26). The van der Waals surface area contributed by atoms with Crippen molar-refractivity contribution in [2.24, 2.45) is 5.92 Å². The van der Waals surface area contributed by atoms with Gasteiger partial charge in [0.25, 0.3) is 0 Å². The highest BCUT2D eigenvalue weighted by Gasteiger charge is 2.33. The quantitative estimate of drug-likeness (QED) is 0.659. The third-order valence-corrected chi connectivity index (χ3v) is 7.49. The van der Waals surface area contributed by atoms with E-state index in [2.05, 4.69) is 5.32 Å². The SMILES string of the molecule is O=C(Nc1ccc(F)c(Cl)c1)C1CCCN(S(=O)(=O)Cc2c(Cl)cccc2Cl)C1. The van der Waals surface area contributed by atoms with E-state index in [0.717, 1.165) is 6.07 Å². The number of hydrogen-bond acceptors (Lipinski definition) is 3. The van der Waals surface area contributed by atoms with Gasteiger partial charge in [0.05, 0.1) is 16.7 Å². The second-order valence-electron chi connectivity index (χ2n) is 6.77. The number of benzene rings is 2. The fourth-order valence-corrected chi connectivity index (χ4v) is 5.71. The lowest BCUT2D eigenvalue weighted by atomic mass is 9.99. The van der Waals surface area contributed by atoms with E-state index >= 15 is 0 Å². The van der Waals surface area contributed by atoms with Crippen LogP contribution in [0.2, 0.25) is 15.1 Å². The van der Waals surface area contributed by atoms with Gasteiger partial charge in [-0.05, 0) is 43.2 Å². The number of halogens is 4. The zero-order chi connectivity index (χ0) is 21.2. The Bertz CT molecular complexity index is 1010. The zero-order valence-electron chi connectivity index (χ0n) is 15.2. The molecule has 0 aromatic heterocycles. The van der Waals surface area contributed by atoms with E-state index < -0.39 is 21.8 Å². The summed E-state index contributed by atoms with van der Waals surface area (Å²) in [6, 6.07) is 8.67. The molecule has 0 saturated carbocycles. The first-order chi connectivity index (χ1) is 13.7. The molecule has 1 unspecified atom stereocenters.